The highest BCUT2D eigenvalue weighted by atomic mass is 35.5. The molecule has 7 nitrogen and oxygen atoms in total. The lowest BCUT2D eigenvalue weighted by Gasteiger charge is -2.09. The Labute approximate surface area is 215 Å². The number of nitrogens with zero attached hydrogens (tertiary/aromatic N) is 2. The number of halogens is 3. The van der Waals surface area contributed by atoms with Crippen LogP contribution in [0.1, 0.15) is 37.2 Å². The highest BCUT2D eigenvalue weighted by Crippen LogP contribution is 2.44. The maximum atomic E-state index is 13.6. The number of anilines is 1. The summed E-state index contributed by atoms with van der Waals surface area (Å²) in [6, 6.07) is 13.4. The van der Waals surface area contributed by atoms with E-state index >= 15 is 0 Å². The zero-order valence-corrected chi connectivity index (χ0v) is 20.8. The Morgan fingerprint density at radius 3 is 2.50 bits per heavy atom. The lowest BCUT2D eigenvalue weighted by molar-refractivity contribution is 0.100. The Bertz CT molecular complexity index is 1630. The molecule has 5 aromatic rings. The van der Waals surface area contributed by atoms with Crippen molar-refractivity contribution >= 4 is 62.0 Å². The van der Waals surface area contributed by atoms with Gasteiger partial charge in [0.05, 0.1) is 11.4 Å². The van der Waals surface area contributed by atoms with Crippen LogP contribution >= 0.6 is 34.3 Å². The summed E-state index contributed by atoms with van der Waals surface area (Å²) in [5, 5.41) is 10.5. The van der Waals surface area contributed by atoms with Crippen molar-refractivity contribution in [3.8, 4) is 21.7 Å². The van der Waals surface area contributed by atoms with Crippen molar-refractivity contribution in [2.45, 2.75) is 13.3 Å². The fourth-order valence-electron chi connectivity index (χ4n) is 3.68. The summed E-state index contributed by atoms with van der Waals surface area (Å²) in [5.41, 5.74) is 7.09. The summed E-state index contributed by atoms with van der Waals surface area (Å²) in [6.07, 6.45) is -2.82. The van der Waals surface area contributed by atoms with Crippen LogP contribution in [0.15, 0.2) is 48.5 Å². The van der Waals surface area contributed by atoms with Crippen molar-refractivity contribution < 1.29 is 18.4 Å². The number of hydrogen-bond donors (Lipinski definition) is 3. The molecule has 0 atom stereocenters. The number of carbonyl (C=O) groups excluding carboxylic acids is 2. The zero-order chi connectivity index (χ0) is 25.6. The molecule has 0 aliphatic carbocycles. The minimum absolute atomic E-state index is 0.00392. The molecule has 36 heavy (non-hydrogen) atoms. The van der Waals surface area contributed by atoms with Crippen LogP contribution in [0.25, 0.3) is 31.9 Å². The van der Waals surface area contributed by atoms with Crippen LogP contribution in [-0.4, -0.2) is 27.0 Å². The summed E-state index contributed by atoms with van der Waals surface area (Å²) < 4.78 is 27.2. The third-order valence-corrected chi connectivity index (χ3v) is 7.72. The van der Waals surface area contributed by atoms with Crippen molar-refractivity contribution in [2.24, 2.45) is 5.73 Å². The maximum Gasteiger partial charge on any atom is 0.280 e. The van der Waals surface area contributed by atoms with E-state index in [0.717, 1.165) is 21.8 Å². The summed E-state index contributed by atoms with van der Waals surface area (Å²) >= 11 is 8.18. The van der Waals surface area contributed by atoms with Crippen molar-refractivity contribution in [3.63, 3.8) is 0 Å². The molecule has 0 saturated heterocycles. The number of nitrogens with one attached hydrogen (secondary N) is 2. The van der Waals surface area contributed by atoms with Gasteiger partial charge in [-0.3, -0.25) is 14.7 Å². The molecule has 0 fully saturated rings. The van der Waals surface area contributed by atoms with E-state index in [1.54, 1.807) is 36.4 Å². The van der Waals surface area contributed by atoms with Gasteiger partial charge in [-0.25, -0.2) is 13.8 Å². The average Bonchev–Trinajstić information content (AvgIpc) is 3.58. The number of aromatic amines is 1. The third-order valence-electron chi connectivity index (χ3n) is 5.34. The van der Waals surface area contributed by atoms with Gasteiger partial charge < -0.3 is 11.1 Å². The van der Waals surface area contributed by atoms with Gasteiger partial charge in [-0.1, -0.05) is 23.7 Å². The van der Waals surface area contributed by atoms with Crippen LogP contribution in [0, 0.1) is 6.92 Å². The van der Waals surface area contributed by atoms with E-state index in [1.807, 2.05) is 13.0 Å². The highest BCUT2D eigenvalue weighted by molar-refractivity contribution is 7.21. The molecule has 0 radical (unpaired) electrons. The van der Waals surface area contributed by atoms with E-state index < -0.39 is 23.9 Å². The molecule has 0 unspecified atom stereocenters. The van der Waals surface area contributed by atoms with Crippen LogP contribution in [0.3, 0.4) is 0 Å². The normalized spacial score (nSPS) is 11.4. The number of fused-ring (bicyclic) bond motifs is 1. The molecule has 0 bridgehead atoms. The Hall–Kier alpha value is -3.67. The second-order valence-corrected chi connectivity index (χ2v) is 10.5. The predicted molar refractivity (Wildman–Crippen MR) is 138 cm³/mol. The number of carbonyl (C=O) groups is 2. The Balaban J connectivity index is 1.61. The molecular weight excluding hydrogens is 528 g/mol. The number of H-pyrrole nitrogens is 1. The van der Waals surface area contributed by atoms with Gasteiger partial charge >= 0.3 is 0 Å². The number of amides is 2. The van der Waals surface area contributed by atoms with E-state index in [-0.39, 0.29) is 21.1 Å². The standard InChI is InChI=1S/C24H16ClF2N5O2S2/c1-10-2-7-17(35-10)13-8-15(21(26)27)29-24-18(13)19(20(36-24)22(28)33)30-23(34)16-9-14(31-32-16)11-3-5-12(25)6-4-11/h2-9,21H,1H3,(H2,28,33)(H,30,34)(H,31,32). The van der Waals surface area contributed by atoms with Crippen molar-refractivity contribution in [1.82, 2.24) is 15.2 Å². The molecule has 4 heterocycles. The fraction of sp³-hybridized carbons (Fsp3) is 0.0833. The average molecular weight is 544 g/mol. The number of benzene rings is 1. The SMILES string of the molecule is Cc1ccc(-c2cc(C(F)F)nc3sc(C(N)=O)c(NC(=O)c4cc(-c5ccc(Cl)cc5)n[nH]4)c23)s1. The first kappa shape index (κ1) is 24.0. The minimum Gasteiger partial charge on any atom is -0.365 e. The molecule has 0 aliphatic rings. The van der Waals surface area contributed by atoms with Crippen LogP contribution in [0.5, 0.6) is 0 Å². The largest absolute Gasteiger partial charge is 0.365 e. The molecule has 0 saturated carbocycles. The number of pyridine rings is 1. The molecular formula is C24H16ClF2N5O2S2. The lowest BCUT2D eigenvalue weighted by atomic mass is 10.1. The topological polar surface area (TPSA) is 114 Å². The van der Waals surface area contributed by atoms with E-state index in [4.69, 9.17) is 17.3 Å². The van der Waals surface area contributed by atoms with Crippen LogP contribution < -0.4 is 11.1 Å². The molecule has 0 spiro atoms. The van der Waals surface area contributed by atoms with Crippen molar-refractivity contribution in [3.05, 3.63) is 74.7 Å². The van der Waals surface area contributed by atoms with E-state index in [0.29, 0.717) is 26.5 Å². The number of aryl methyl sites for hydroxylation is 1. The molecule has 1 aromatic carbocycles. The number of thiophene rings is 2. The minimum atomic E-state index is -2.82. The number of hydrogen-bond acceptors (Lipinski definition) is 6. The first-order valence-corrected chi connectivity index (χ1v) is 12.5. The number of primary amides is 1. The van der Waals surface area contributed by atoms with Crippen LogP contribution in [0.2, 0.25) is 5.02 Å². The summed E-state index contributed by atoms with van der Waals surface area (Å²) in [5.74, 6) is -1.40. The van der Waals surface area contributed by atoms with Gasteiger partial charge in [-0.05, 0) is 43.3 Å². The van der Waals surface area contributed by atoms with Gasteiger partial charge in [-0.15, -0.1) is 22.7 Å². The predicted octanol–water partition coefficient (Wildman–Crippen LogP) is 6.67. The summed E-state index contributed by atoms with van der Waals surface area (Å²) in [7, 11) is 0. The molecule has 2 amide bonds. The molecule has 182 valence electrons. The first-order chi connectivity index (χ1) is 17.2. The van der Waals surface area contributed by atoms with Gasteiger partial charge in [0, 0.05) is 31.3 Å². The second kappa shape index (κ2) is 9.41. The van der Waals surface area contributed by atoms with Crippen LogP contribution in [-0.2, 0) is 0 Å². The van der Waals surface area contributed by atoms with Gasteiger partial charge in [-0.2, -0.15) is 5.10 Å². The number of rotatable bonds is 6. The Morgan fingerprint density at radius 2 is 1.86 bits per heavy atom. The maximum absolute atomic E-state index is 13.6. The first-order valence-electron chi connectivity index (χ1n) is 10.5. The number of nitrogens with two attached hydrogens (primary N) is 1. The number of alkyl halides is 2. The van der Waals surface area contributed by atoms with E-state index in [2.05, 4.69) is 20.5 Å². The zero-order valence-electron chi connectivity index (χ0n) is 18.4. The van der Waals surface area contributed by atoms with Gasteiger partial charge in [0.2, 0.25) is 0 Å². The summed E-state index contributed by atoms with van der Waals surface area (Å²) in [6.45, 7) is 1.89. The summed E-state index contributed by atoms with van der Waals surface area (Å²) in [4.78, 5) is 31.3. The van der Waals surface area contributed by atoms with E-state index in [9.17, 15) is 18.4 Å². The van der Waals surface area contributed by atoms with Crippen molar-refractivity contribution in [1.29, 1.82) is 0 Å². The quantitative estimate of drug-likeness (QED) is 0.222. The smallest absolute Gasteiger partial charge is 0.280 e. The van der Waals surface area contributed by atoms with Crippen molar-refractivity contribution in [2.75, 3.05) is 5.32 Å². The third kappa shape index (κ3) is 4.48. The Morgan fingerprint density at radius 1 is 1.11 bits per heavy atom. The fourth-order valence-corrected chi connectivity index (χ4v) is 5.71. The molecule has 4 aromatic heterocycles. The van der Waals surface area contributed by atoms with Gasteiger partial charge in [0.1, 0.15) is 21.1 Å². The lowest BCUT2D eigenvalue weighted by Crippen LogP contribution is -2.17. The molecule has 0 aliphatic heterocycles. The second-order valence-electron chi connectivity index (χ2n) is 7.78. The number of aromatic nitrogens is 3. The van der Waals surface area contributed by atoms with Gasteiger partial charge in [0.15, 0.2) is 0 Å². The monoisotopic (exact) mass is 543 g/mol. The van der Waals surface area contributed by atoms with Gasteiger partial charge in [0.25, 0.3) is 18.2 Å². The molecule has 4 N–H and O–H groups in total. The molecule has 5 rings (SSSR count). The van der Waals surface area contributed by atoms with E-state index in [1.165, 1.54) is 17.4 Å². The van der Waals surface area contributed by atoms with Crippen LogP contribution in [0.4, 0.5) is 14.5 Å². The highest BCUT2D eigenvalue weighted by Gasteiger charge is 2.26. The molecule has 12 heteroatoms. The Kier molecular flexibility index (Phi) is 6.29.